The second-order valence-corrected chi connectivity index (χ2v) is 6.32. The van der Waals surface area contributed by atoms with E-state index in [0.717, 1.165) is 12.1 Å². The van der Waals surface area contributed by atoms with Gasteiger partial charge in [0.2, 0.25) is 0 Å². The maximum Gasteiger partial charge on any atom is 0.410 e. The second kappa shape index (κ2) is 5.87. The molecule has 2 heterocycles. The molecule has 1 N–H and O–H groups in total. The Morgan fingerprint density at radius 2 is 2.30 bits per heavy atom. The van der Waals surface area contributed by atoms with Crippen LogP contribution >= 0.6 is 11.6 Å². The molecule has 6 heteroatoms. The first kappa shape index (κ1) is 14.9. The Kier molecular flexibility index (Phi) is 4.38. The second-order valence-electron chi connectivity index (χ2n) is 5.91. The molecule has 0 aliphatic carbocycles. The van der Waals surface area contributed by atoms with Crippen LogP contribution in [0.15, 0.2) is 18.5 Å². The van der Waals surface area contributed by atoms with Gasteiger partial charge in [0.25, 0.3) is 0 Å². The number of halogens is 1. The molecule has 5 nitrogen and oxygen atoms in total. The van der Waals surface area contributed by atoms with Crippen molar-refractivity contribution in [2.24, 2.45) is 0 Å². The summed E-state index contributed by atoms with van der Waals surface area (Å²) in [6.07, 6.45) is 3.94. The smallest absolute Gasteiger partial charge is 0.410 e. The standard InChI is InChI=1S/C14H20ClN3O2/c1-14(2,3)20-13(19)18-7-5-10(9-18)17-12-8-16-6-4-11(12)15/h4,6,8,10,17H,5,7,9H2,1-3H3. The Labute approximate surface area is 124 Å². The molecule has 0 radical (unpaired) electrons. The molecule has 0 bridgehead atoms. The van der Waals surface area contributed by atoms with E-state index < -0.39 is 5.60 Å². The van der Waals surface area contributed by atoms with Crippen molar-refractivity contribution in [1.82, 2.24) is 9.88 Å². The van der Waals surface area contributed by atoms with Crippen molar-refractivity contribution >= 4 is 23.4 Å². The van der Waals surface area contributed by atoms with E-state index in [2.05, 4.69) is 10.3 Å². The minimum Gasteiger partial charge on any atom is -0.444 e. The highest BCUT2D eigenvalue weighted by molar-refractivity contribution is 6.33. The van der Waals surface area contributed by atoms with Crippen molar-refractivity contribution in [3.8, 4) is 0 Å². The molecule has 20 heavy (non-hydrogen) atoms. The number of hydrogen-bond acceptors (Lipinski definition) is 4. The molecule has 2 rings (SSSR count). The van der Waals surface area contributed by atoms with Crippen LogP contribution in [-0.2, 0) is 4.74 Å². The predicted molar refractivity (Wildman–Crippen MR) is 79.1 cm³/mol. The summed E-state index contributed by atoms with van der Waals surface area (Å²) < 4.78 is 5.36. The van der Waals surface area contributed by atoms with E-state index in [1.165, 1.54) is 0 Å². The molecule has 1 aromatic rings. The number of hydrogen-bond donors (Lipinski definition) is 1. The van der Waals surface area contributed by atoms with Crippen LogP contribution in [0.4, 0.5) is 10.5 Å². The van der Waals surface area contributed by atoms with Crippen molar-refractivity contribution < 1.29 is 9.53 Å². The molecule has 1 aliphatic rings. The highest BCUT2D eigenvalue weighted by Crippen LogP contribution is 2.23. The third-order valence-electron chi connectivity index (χ3n) is 2.97. The zero-order chi connectivity index (χ0) is 14.8. The van der Waals surface area contributed by atoms with Crippen LogP contribution in [0.3, 0.4) is 0 Å². The van der Waals surface area contributed by atoms with Gasteiger partial charge in [0.15, 0.2) is 0 Å². The van der Waals surface area contributed by atoms with Crippen molar-refractivity contribution in [2.45, 2.75) is 38.8 Å². The number of nitrogens with zero attached hydrogens (tertiary/aromatic N) is 2. The summed E-state index contributed by atoms with van der Waals surface area (Å²) in [7, 11) is 0. The molecule has 1 atom stereocenters. The van der Waals surface area contributed by atoms with E-state index >= 15 is 0 Å². The van der Waals surface area contributed by atoms with Gasteiger partial charge in [0.1, 0.15) is 5.60 Å². The Balaban J connectivity index is 1.90. The number of nitrogens with one attached hydrogen (secondary N) is 1. The summed E-state index contributed by atoms with van der Waals surface area (Å²) in [5.41, 5.74) is 0.333. The maximum absolute atomic E-state index is 12.0. The Bertz CT molecular complexity index is 488. The van der Waals surface area contributed by atoms with Crippen LogP contribution in [0.25, 0.3) is 0 Å². The molecule has 0 aromatic carbocycles. The molecule has 1 unspecified atom stereocenters. The van der Waals surface area contributed by atoms with Crippen molar-refractivity contribution in [1.29, 1.82) is 0 Å². The van der Waals surface area contributed by atoms with Gasteiger partial charge in [0.05, 0.1) is 16.9 Å². The summed E-state index contributed by atoms with van der Waals surface area (Å²) in [5, 5.41) is 3.95. The molecule has 1 amide bonds. The highest BCUT2D eigenvalue weighted by Gasteiger charge is 2.29. The first-order valence-electron chi connectivity index (χ1n) is 6.69. The molecular weight excluding hydrogens is 278 g/mol. The fraction of sp³-hybridized carbons (Fsp3) is 0.571. The molecular formula is C14H20ClN3O2. The lowest BCUT2D eigenvalue weighted by atomic mass is 10.2. The van der Waals surface area contributed by atoms with E-state index in [1.807, 2.05) is 20.8 Å². The molecule has 1 saturated heterocycles. The van der Waals surface area contributed by atoms with E-state index in [4.69, 9.17) is 16.3 Å². The van der Waals surface area contributed by atoms with Gasteiger partial charge in [-0.2, -0.15) is 0 Å². The van der Waals surface area contributed by atoms with Crippen molar-refractivity contribution in [3.05, 3.63) is 23.5 Å². The highest BCUT2D eigenvalue weighted by atomic mass is 35.5. The summed E-state index contributed by atoms with van der Waals surface area (Å²) in [4.78, 5) is 17.7. The van der Waals surface area contributed by atoms with Gasteiger partial charge in [-0.25, -0.2) is 4.79 Å². The average molecular weight is 298 g/mol. The number of amides is 1. The Morgan fingerprint density at radius 3 is 2.95 bits per heavy atom. The SMILES string of the molecule is CC(C)(C)OC(=O)N1CCC(Nc2cnccc2Cl)C1. The molecule has 0 saturated carbocycles. The number of carbonyl (C=O) groups excluding carboxylic acids is 1. The van der Waals surface area contributed by atoms with Crippen LogP contribution in [0.1, 0.15) is 27.2 Å². The first-order chi connectivity index (χ1) is 9.35. The number of aromatic nitrogens is 1. The minimum absolute atomic E-state index is 0.171. The zero-order valence-electron chi connectivity index (χ0n) is 12.0. The van der Waals surface area contributed by atoms with Crippen LogP contribution in [-0.4, -0.2) is 40.7 Å². The number of anilines is 1. The third-order valence-corrected chi connectivity index (χ3v) is 3.30. The van der Waals surface area contributed by atoms with Gasteiger partial charge in [-0.15, -0.1) is 0 Å². The summed E-state index contributed by atoms with van der Waals surface area (Å²) >= 11 is 6.08. The summed E-state index contributed by atoms with van der Waals surface area (Å²) in [6, 6.07) is 1.91. The molecule has 1 aromatic heterocycles. The lowest BCUT2D eigenvalue weighted by Crippen LogP contribution is -2.36. The molecule has 110 valence electrons. The number of ether oxygens (including phenoxy) is 1. The van der Waals surface area contributed by atoms with Gasteiger partial charge in [-0.3, -0.25) is 4.98 Å². The third kappa shape index (κ3) is 4.00. The van der Waals surface area contributed by atoms with Crippen LogP contribution in [0, 0.1) is 0 Å². The van der Waals surface area contributed by atoms with E-state index in [9.17, 15) is 4.79 Å². The lowest BCUT2D eigenvalue weighted by Gasteiger charge is -2.24. The van der Waals surface area contributed by atoms with Gasteiger partial charge < -0.3 is 15.0 Å². The topological polar surface area (TPSA) is 54.5 Å². The van der Waals surface area contributed by atoms with E-state index in [-0.39, 0.29) is 12.1 Å². The van der Waals surface area contributed by atoms with Crippen LogP contribution < -0.4 is 5.32 Å². The number of likely N-dealkylation sites (tertiary alicyclic amines) is 1. The van der Waals surface area contributed by atoms with Crippen molar-refractivity contribution in [2.75, 3.05) is 18.4 Å². The van der Waals surface area contributed by atoms with E-state index in [0.29, 0.717) is 18.1 Å². The largest absolute Gasteiger partial charge is 0.444 e. The van der Waals surface area contributed by atoms with Gasteiger partial charge in [-0.1, -0.05) is 11.6 Å². The Morgan fingerprint density at radius 1 is 1.55 bits per heavy atom. The van der Waals surface area contributed by atoms with Crippen LogP contribution in [0.2, 0.25) is 5.02 Å². The normalized spacial score (nSPS) is 19.0. The van der Waals surface area contributed by atoms with Crippen molar-refractivity contribution in [3.63, 3.8) is 0 Å². The van der Waals surface area contributed by atoms with Crippen LogP contribution in [0.5, 0.6) is 0 Å². The Hall–Kier alpha value is -1.49. The summed E-state index contributed by atoms with van der Waals surface area (Å²) in [6.45, 7) is 6.90. The molecule has 1 aliphatic heterocycles. The fourth-order valence-corrected chi connectivity index (χ4v) is 2.23. The van der Waals surface area contributed by atoms with Gasteiger partial charge in [-0.05, 0) is 33.3 Å². The average Bonchev–Trinajstić information content (AvgIpc) is 2.79. The van der Waals surface area contributed by atoms with Gasteiger partial charge in [0, 0.05) is 25.3 Å². The maximum atomic E-state index is 12.0. The minimum atomic E-state index is -0.463. The molecule has 0 spiro atoms. The summed E-state index contributed by atoms with van der Waals surface area (Å²) in [5.74, 6) is 0. The monoisotopic (exact) mass is 297 g/mol. The number of pyridine rings is 1. The number of carbonyl (C=O) groups is 1. The zero-order valence-corrected chi connectivity index (χ0v) is 12.8. The van der Waals surface area contributed by atoms with E-state index in [1.54, 1.807) is 23.4 Å². The quantitative estimate of drug-likeness (QED) is 0.911. The first-order valence-corrected chi connectivity index (χ1v) is 7.07. The number of rotatable bonds is 2. The molecule has 1 fully saturated rings. The predicted octanol–water partition coefficient (Wildman–Crippen LogP) is 3.16. The fourth-order valence-electron chi connectivity index (χ4n) is 2.07. The lowest BCUT2D eigenvalue weighted by molar-refractivity contribution is 0.0293. The van der Waals surface area contributed by atoms with Gasteiger partial charge >= 0.3 is 6.09 Å².